The second-order valence-electron chi connectivity index (χ2n) is 36.2. The molecule has 0 saturated carbocycles. The van der Waals surface area contributed by atoms with E-state index < -0.39 is 98.4 Å². The molecule has 0 radical (unpaired) electrons. The van der Waals surface area contributed by atoms with Gasteiger partial charge in [0.05, 0.1) is 40.9 Å². The quantitative estimate of drug-likeness (QED) is 0.00932. The van der Waals surface area contributed by atoms with Crippen molar-refractivity contribution in [1.29, 1.82) is 0 Å². The summed E-state index contributed by atoms with van der Waals surface area (Å²) in [6.07, 6.45) is 27.6. The van der Waals surface area contributed by atoms with Gasteiger partial charge in [0.1, 0.15) is 56.3 Å². The van der Waals surface area contributed by atoms with E-state index >= 15 is 0 Å². The van der Waals surface area contributed by atoms with Gasteiger partial charge in [0.2, 0.25) is 11.4 Å². The van der Waals surface area contributed by atoms with E-state index in [4.69, 9.17) is 24.6 Å². The molecule has 135 heavy (non-hydrogen) atoms. The number of unbranched alkanes of at least 4 members (excludes halogenated alkanes) is 6. The monoisotopic (exact) mass is 1940 g/mol. The number of aliphatic carboxylic acids is 1. The van der Waals surface area contributed by atoms with Gasteiger partial charge in [-0.15, -0.1) is 5.06 Å². The van der Waals surface area contributed by atoms with Crippen LogP contribution >= 0.6 is 0 Å². The number of amides is 4. The molecule has 0 unspecified atom stereocenters. The molecule has 0 aromatic heterocycles. The van der Waals surface area contributed by atoms with Crippen molar-refractivity contribution >= 4 is 110 Å². The Bertz CT molecular complexity index is 6290. The molecule has 6 heterocycles. The Labute approximate surface area is 835 Å². The summed E-state index contributed by atoms with van der Waals surface area (Å²) in [6, 6.07) is 43.8. The summed E-state index contributed by atoms with van der Waals surface area (Å²) in [5.74, 6) is -2.27. The predicted molar refractivity (Wildman–Crippen MR) is 497 cm³/mol. The average Bonchev–Trinajstić information content (AvgIpc) is 1.61. The van der Waals surface area contributed by atoms with Gasteiger partial charge < -0.3 is 47.4 Å². The smallest absolute Gasteiger partial charge is 0.748 e. The van der Waals surface area contributed by atoms with E-state index in [1.807, 2.05) is 54.6 Å². The first kappa shape index (κ1) is 108. The predicted octanol–water partition coefficient (Wildman–Crippen LogP) is 10.3. The SMILES string of the molecule is CC1(C)C(=CC=C2CCCC(C=CC3=[N+](CCCCCC(=O)O)c4ccccc4C3(C)C)=C2Oc2ccc(S(=O)(=O)[O-])cc2)N(CCCCS(=O)(=O)[O-])c2ccccc21.CC1(C)C(=CC=C2CCCC(C=CC3=[N+](CCCCCC(=O)ON4C(=O)CCC4=O)c4ccccc4C3(C)C)=C2Oc2ccc(S(=O)(=O)[O-])cc2)N(CCCCS(=O)(=O)[O-])c2ccccc21.O=C1CCC(=O)N1O.[Na+].[Na+]. The zero-order chi connectivity index (χ0) is 96.2. The third-order valence-electron chi connectivity index (χ3n) is 25.4. The minimum absolute atomic E-state index is 0. The number of anilines is 2. The van der Waals surface area contributed by atoms with E-state index in [9.17, 15) is 80.6 Å². The van der Waals surface area contributed by atoms with Gasteiger partial charge in [-0.05, 0) is 236 Å². The third-order valence-corrected chi connectivity index (χ3v) is 28.7. The van der Waals surface area contributed by atoms with Crippen molar-refractivity contribution in [3.63, 3.8) is 0 Å². The molecule has 2 saturated heterocycles. The Balaban J connectivity index is 0.000000255. The first-order chi connectivity index (χ1) is 62.8. The maximum absolute atomic E-state index is 12.5. The van der Waals surface area contributed by atoms with Crippen molar-refractivity contribution in [3.8, 4) is 11.5 Å². The first-order valence-corrected chi connectivity index (χ1v) is 50.9. The number of carbonyl (C=O) groups is 6. The fraction of sp³-hybridized carbons (Fsp3) is 0.400. The molecule has 2 N–H and O–H groups in total. The molecule has 6 aliphatic heterocycles. The van der Waals surface area contributed by atoms with Crippen LogP contribution in [0, 0.1) is 0 Å². The third kappa shape index (κ3) is 26.7. The maximum atomic E-state index is 12.5. The average molecular weight is 1940 g/mol. The molecule has 2 aliphatic carbocycles. The van der Waals surface area contributed by atoms with Crippen molar-refractivity contribution in [3.05, 3.63) is 262 Å². The van der Waals surface area contributed by atoms with Crippen LogP contribution < -0.4 is 78.4 Å². The Morgan fingerprint density at radius 2 is 0.778 bits per heavy atom. The first-order valence-electron chi connectivity index (χ1n) is 44.9. The van der Waals surface area contributed by atoms with Crippen molar-refractivity contribution < 1.29 is 174 Å². The minimum atomic E-state index is -4.68. The summed E-state index contributed by atoms with van der Waals surface area (Å²) < 4.78 is 157. The van der Waals surface area contributed by atoms with Crippen LogP contribution in [-0.4, -0.2) is 166 Å². The normalized spacial score (nSPS) is 19.0. The molecule has 14 rings (SSSR count). The van der Waals surface area contributed by atoms with Gasteiger partial charge in [0.15, 0.2) is 11.4 Å². The van der Waals surface area contributed by atoms with Crippen LogP contribution in [0.15, 0.2) is 249 Å². The summed E-state index contributed by atoms with van der Waals surface area (Å²) in [7, 11) is -18.0. The number of ether oxygens (including phenoxy) is 2. The maximum Gasteiger partial charge on any atom is 1.00 e. The van der Waals surface area contributed by atoms with E-state index in [0.717, 1.165) is 118 Å². The number of imide groups is 2. The van der Waals surface area contributed by atoms with Gasteiger partial charge in [-0.25, -0.2) is 38.5 Å². The van der Waals surface area contributed by atoms with Gasteiger partial charge >= 0.3 is 71.1 Å². The van der Waals surface area contributed by atoms with Gasteiger partial charge in [-0.2, -0.15) is 14.2 Å². The van der Waals surface area contributed by atoms with E-state index in [1.54, 1.807) is 0 Å². The molecular formula is C100H114N6Na2O23S4. The fourth-order valence-corrected chi connectivity index (χ4v) is 20.5. The minimum Gasteiger partial charge on any atom is -0.748 e. The molecule has 0 bridgehead atoms. The number of hydrogen-bond acceptors (Lipinski definition) is 24. The molecule has 4 amide bonds. The summed E-state index contributed by atoms with van der Waals surface area (Å²) in [5, 5.41) is 18.3. The number of fused-ring (bicyclic) bond motifs is 4. The Hall–Kier alpha value is -9.40. The molecular weight excluding hydrogens is 1830 g/mol. The fourth-order valence-electron chi connectivity index (χ4n) is 18.4. The van der Waals surface area contributed by atoms with Crippen LogP contribution in [0.5, 0.6) is 11.5 Å². The molecule has 708 valence electrons. The molecule has 6 aromatic rings. The zero-order valence-corrected chi connectivity index (χ0v) is 85.3. The van der Waals surface area contributed by atoms with Gasteiger partial charge in [0, 0.05) is 145 Å². The van der Waals surface area contributed by atoms with Crippen LogP contribution in [0.4, 0.5) is 22.7 Å². The number of para-hydroxylation sites is 4. The van der Waals surface area contributed by atoms with Crippen LogP contribution in [-0.2, 0) is 95.7 Å². The van der Waals surface area contributed by atoms with E-state index in [-0.39, 0.29) is 136 Å². The summed E-state index contributed by atoms with van der Waals surface area (Å²) in [6.45, 7) is 19.8. The topological polar surface area (TPSA) is 418 Å². The van der Waals surface area contributed by atoms with Crippen LogP contribution in [0.2, 0.25) is 0 Å². The van der Waals surface area contributed by atoms with Gasteiger partial charge in [-0.3, -0.25) is 29.2 Å². The number of carboxylic acid groups (broad SMARTS) is 1. The van der Waals surface area contributed by atoms with E-state index in [1.165, 1.54) is 59.7 Å². The molecule has 6 aromatic carbocycles. The van der Waals surface area contributed by atoms with Crippen molar-refractivity contribution in [2.45, 2.75) is 228 Å². The number of carbonyl (C=O) groups excluding carboxylic acids is 5. The Kier molecular flexibility index (Phi) is 36.6. The summed E-state index contributed by atoms with van der Waals surface area (Å²) in [5.41, 5.74) is 15.3. The van der Waals surface area contributed by atoms with E-state index in [0.29, 0.717) is 106 Å². The standard InChI is InChI=1S/C50H57N3O11S2.C46H54N2O9S2.C4H5NO3.2Na/c1-49(2)39-17-7-9-19-41(39)51(32-11-5-6-21-47(56)64-53-45(54)30-31-46(53)55)43(49)28-22-35-15-14-16-36(48(35)63-37-24-26-38(27-25-37)66(60,61)62)23-29-44-50(3,4)40-18-8-10-20-42(40)52(44)33-12-13-34-65(57,58)59;1-45(2)37-17-7-9-19-39(37)47(30-11-5-6-21-43(49)50)41(45)28-22-33-15-14-16-34(44(33)57-35-24-26-36(27-25-35)59(54,55)56)23-29-42-46(3,4)38-18-8-10-20-40(38)48(42)31-12-13-32-58(51,52)53;6-3-1-2-4(7)5(3)8;;/h7-10,17-20,22-29H,5-6,11-16,21,30-34H2,1-4H3,(H-,57,58,59,60,61,62);7-10,17-20,22-29H,5-6,11-16,21,30-32H2,1-4H3,(H2-,49,50,51,52,53,54,55,56);8H,1-2H2;;/q;;;2*+1/p-2. The number of nitrogens with zero attached hydrogens (tertiary/aromatic N) is 6. The molecule has 8 aliphatic rings. The Morgan fingerprint density at radius 1 is 0.415 bits per heavy atom. The Morgan fingerprint density at radius 3 is 1.14 bits per heavy atom. The van der Waals surface area contributed by atoms with E-state index in [2.05, 4.69) is 165 Å². The van der Waals surface area contributed by atoms with Gasteiger partial charge in [-0.1, -0.05) is 113 Å². The van der Waals surface area contributed by atoms with Gasteiger partial charge in [0.25, 0.3) is 23.6 Å². The van der Waals surface area contributed by atoms with Crippen molar-refractivity contribution in [1.82, 2.24) is 10.1 Å². The second kappa shape index (κ2) is 45.9. The van der Waals surface area contributed by atoms with Crippen molar-refractivity contribution in [2.75, 3.05) is 47.5 Å². The van der Waals surface area contributed by atoms with Crippen LogP contribution in [0.25, 0.3) is 0 Å². The van der Waals surface area contributed by atoms with Crippen LogP contribution in [0.1, 0.15) is 219 Å². The summed E-state index contributed by atoms with van der Waals surface area (Å²) in [4.78, 5) is 76.6. The number of carboxylic acids is 1. The van der Waals surface area contributed by atoms with Crippen molar-refractivity contribution in [2.24, 2.45) is 0 Å². The molecule has 0 spiro atoms. The number of allylic oxidation sites excluding steroid dienone is 14. The zero-order valence-electron chi connectivity index (χ0n) is 78.1. The summed E-state index contributed by atoms with van der Waals surface area (Å²) >= 11 is 0. The molecule has 0 atom stereocenters. The number of hydrogen-bond donors (Lipinski definition) is 2. The molecule has 35 heteroatoms. The largest absolute Gasteiger partial charge is 1.00 e. The number of rotatable bonds is 35. The molecule has 2 fully saturated rings. The second-order valence-corrected chi connectivity index (χ2v) is 42.0. The van der Waals surface area contributed by atoms with Crippen LogP contribution in [0.3, 0.4) is 0 Å². The molecule has 29 nitrogen and oxygen atoms in total. The number of hydroxylamine groups is 4. The number of benzene rings is 6.